The van der Waals surface area contributed by atoms with Crippen molar-refractivity contribution in [1.82, 2.24) is 5.32 Å². The first-order valence-electron chi connectivity index (χ1n) is 10.5. The molecule has 0 heterocycles. The van der Waals surface area contributed by atoms with Gasteiger partial charge in [-0.3, -0.25) is 4.79 Å². The van der Waals surface area contributed by atoms with Crippen molar-refractivity contribution in [3.05, 3.63) is 89.0 Å². The zero-order valence-corrected chi connectivity index (χ0v) is 17.7. The molecule has 1 aliphatic carbocycles. The number of phenolic OH excluding ortho intramolecular Hbond substituents is 1. The van der Waals surface area contributed by atoms with Gasteiger partial charge < -0.3 is 15.2 Å². The van der Waals surface area contributed by atoms with Gasteiger partial charge >= 0.3 is 6.09 Å². The van der Waals surface area contributed by atoms with E-state index in [1.54, 1.807) is 12.1 Å². The summed E-state index contributed by atoms with van der Waals surface area (Å²) in [6, 6.07) is 21.1. The number of aromatic hydroxyl groups is 1. The molecular weight excluding hydrogens is 402 g/mol. The Labute approximate surface area is 187 Å². The van der Waals surface area contributed by atoms with Crippen molar-refractivity contribution in [3.8, 4) is 28.7 Å². The van der Waals surface area contributed by atoms with E-state index in [-0.39, 0.29) is 29.6 Å². The SMILES string of the molecule is CC(=O)c1cc(C#CCCNC(=O)OCC2c3ccccc3-c3ccccc32)ccc1O. The lowest BCUT2D eigenvalue weighted by molar-refractivity contribution is 0.101. The summed E-state index contributed by atoms with van der Waals surface area (Å²) in [5, 5.41) is 12.4. The first kappa shape index (κ1) is 21.2. The minimum absolute atomic E-state index is 0.0258. The molecule has 0 fully saturated rings. The van der Waals surface area contributed by atoms with Crippen LogP contribution < -0.4 is 5.32 Å². The summed E-state index contributed by atoms with van der Waals surface area (Å²) in [6.07, 6.45) is -0.0438. The Morgan fingerprint density at radius 1 is 1.00 bits per heavy atom. The fourth-order valence-electron chi connectivity index (χ4n) is 3.94. The van der Waals surface area contributed by atoms with Crippen molar-refractivity contribution >= 4 is 11.9 Å². The van der Waals surface area contributed by atoms with Gasteiger partial charge in [0.05, 0.1) is 5.56 Å². The Hall–Kier alpha value is -4.04. The van der Waals surface area contributed by atoms with Crippen LogP contribution >= 0.6 is 0 Å². The van der Waals surface area contributed by atoms with E-state index in [1.165, 1.54) is 35.2 Å². The second-order valence-electron chi connectivity index (χ2n) is 7.59. The number of phenols is 1. The van der Waals surface area contributed by atoms with Gasteiger partial charge in [0.2, 0.25) is 0 Å². The highest BCUT2D eigenvalue weighted by molar-refractivity contribution is 5.97. The maximum Gasteiger partial charge on any atom is 0.407 e. The van der Waals surface area contributed by atoms with Crippen LogP contribution in [0.4, 0.5) is 4.79 Å². The van der Waals surface area contributed by atoms with Gasteiger partial charge in [-0.25, -0.2) is 4.79 Å². The molecule has 4 rings (SSSR count). The van der Waals surface area contributed by atoms with E-state index in [2.05, 4.69) is 41.4 Å². The van der Waals surface area contributed by atoms with E-state index in [0.29, 0.717) is 18.5 Å². The van der Waals surface area contributed by atoms with Crippen LogP contribution in [0.5, 0.6) is 5.75 Å². The molecule has 5 nitrogen and oxygen atoms in total. The number of amides is 1. The number of carbonyl (C=O) groups is 2. The molecule has 3 aromatic rings. The number of Topliss-reactive ketones (excluding diaryl/α,β-unsaturated/α-hetero) is 1. The molecule has 5 heteroatoms. The number of benzene rings is 3. The Kier molecular flexibility index (Phi) is 6.23. The molecule has 0 aliphatic heterocycles. The lowest BCUT2D eigenvalue weighted by Gasteiger charge is -2.14. The van der Waals surface area contributed by atoms with Crippen LogP contribution in [0.2, 0.25) is 0 Å². The molecule has 1 amide bonds. The summed E-state index contributed by atoms with van der Waals surface area (Å²) in [5.41, 5.74) is 5.60. The topological polar surface area (TPSA) is 75.6 Å². The number of nitrogens with one attached hydrogen (secondary N) is 1. The van der Waals surface area contributed by atoms with E-state index >= 15 is 0 Å². The highest BCUT2D eigenvalue weighted by atomic mass is 16.5. The molecule has 0 saturated carbocycles. The second kappa shape index (κ2) is 9.40. The number of fused-ring (bicyclic) bond motifs is 3. The van der Waals surface area contributed by atoms with Crippen LogP contribution in [0.15, 0.2) is 66.7 Å². The van der Waals surface area contributed by atoms with Crippen molar-refractivity contribution in [1.29, 1.82) is 0 Å². The van der Waals surface area contributed by atoms with Gasteiger partial charge in [0.25, 0.3) is 0 Å². The minimum atomic E-state index is -0.475. The number of rotatable bonds is 5. The van der Waals surface area contributed by atoms with Crippen LogP contribution in [0.3, 0.4) is 0 Å². The van der Waals surface area contributed by atoms with Crippen molar-refractivity contribution in [2.24, 2.45) is 0 Å². The van der Waals surface area contributed by atoms with Crippen LogP contribution in [-0.2, 0) is 4.74 Å². The van der Waals surface area contributed by atoms with Crippen molar-refractivity contribution in [2.45, 2.75) is 19.3 Å². The monoisotopic (exact) mass is 425 g/mol. The largest absolute Gasteiger partial charge is 0.507 e. The van der Waals surface area contributed by atoms with E-state index in [9.17, 15) is 14.7 Å². The molecule has 0 spiro atoms. The summed E-state index contributed by atoms with van der Waals surface area (Å²) in [7, 11) is 0. The molecule has 160 valence electrons. The Morgan fingerprint density at radius 3 is 2.31 bits per heavy atom. The molecule has 3 aromatic carbocycles. The fraction of sp³-hybridized carbons (Fsp3) is 0.185. The molecule has 0 bridgehead atoms. The molecule has 0 aromatic heterocycles. The predicted molar refractivity (Wildman–Crippen MR) is 123 cm³/mol. The lowest BCUT2D eigenvalue weighted by atomic mass is 9.98. The summed E-state index contributed by atoms with van der Waals surface area (Å²) < 4.78 is 5.50. The Morgan fingerprint density at radius 2 is 1.66 bits per heavy atom. The predicted octanol–water partition coefficient (Wildman–Crippen LogP) is 4.88. The molecular formula is C27H23NO4. The first-order chi connectivity index (χ1) is 15.5. The van der Waals surface area contributed by atoms with Gasteiger partial charge in [-0.15, -0.1) is 0 Å². The average molecular weight is 425 g/mol. The van der Waals surface area contributed by atoms with Gasteiger partial charge in [0.15, 0.2) is 5.78 Å². The molecule has 0 atom stereocenters. The Bertz CT molecular complexity index is 1190. The summed E-state index contributed by atoms with van der Waals surface area (Å²) in [5.74, 6) is 5.64. The van der Waals surface area contributed by atoms with E-state index in [1.807, 2.05) is 24.3 Å². The zero-order chi connectivity index (χ0) is 22.5. The van der Waals surface area contributed by atoms with Crippen molar-refractivity contribution in [3.63, 3.8) is 0 Å². The fourth-order valence-corrected chi connectivity index (χ4v) is 3.94. The number of ether oxygens (including phenoxy) is 1. The lowest BCUT2D eigenvalue weighted by Crippen LogP contribution is -2.26. The van der Waals surface area contributed by atoms with Crippen LogP contribution in [0.1, 0.15) is 46.3 Å². The second-order valence-corrected chi connectivity index (χ2v) is 7.59. The quantitative estimate of drug-likeness (QED) is 0.347. The van der Waals surface area contributed by atoms with Gasteiger partial charge in [0.1, 0.15) is 12.4 Å². The van der Waals surface area contributed by atoms with Crippen LogP contribution in [0, 0.1) is 11.8 Å². The summed E-state index contributed by atoms with van der Waals surface area (Å²) in [4.78, 5) is 23.7. The zero-order valence-electron chi connectivity index (χ0n) is 17.7. The third-order valence-electron chi connectivity index (χ3n) is 5.47. The average Bonchev–Trinajstić information content (AvgIpc) is 3.12. The van der Waals surface area contributed by atoms with Gasteiger partial charge in [0, 0.05) is 24.4 Å². The van der Waals surface area contributed by atoms with Gasteiger partial charge in [-0.2, -0.15) is 0 Å². The van der Waals surface area contributed by atoms with Crippen molar-refractivity contribution < 1.29 is 19.4 Å². The molecule has 1 aliphatic rings. The number of alkyl carbamates (subject to hydrolysis) is 1. The Balaban J connectivity index is 1.29. The number of hydrogen-bond donors (Lipinski definition) is 2. The maximum absolute atomic E-state index is 12.2. The first-order valence-corrected chi connectivity index (χ1v) is 10.5. The molecule has 0 unspecified atom stereocenters. The van der Waals surface area contributed by atoms with Crippen LogP contribution in [0.25, 0.3) is 11.1 Å². The third-order valence-corrected chi connectivity index (χ3v) is 5.47. The number of carbonyl (C=O) groups excluding carboxylic acids is 2. The third kappa shape index (κ3) is 4.50. The number of hydrogen-bond acceptors (Lipinski definition) is 4. The highest BCUT2D eigenvalue weighted by Crippen LogP contribution is 2.44. The summed E-state index contributed by atoms with van der Waals surface area (Å²) in [6.45, 7) is 2.01. The normalized spacial score (nSPS) is 11.7. The van der Waals surface area contributed by atoms with Gasteiger partial charge in [-0.05, 0) is 47.4 Å². The van der Waals surface area contributed by atoms with Crippen LogP contribution in [-0.4, -0.2) is 30.1 Å². The van der Waals surface area contributed by atoms with Crippen molar-refractivity contribution in [2.75, 3.05) is 13.2 Å². The number of ketones is 1. The summed E-state index contributed by atoms with van der Waals surface area (Å²) >= 11 is 0. The van der Waals surface area contributed by atoms with E-state index in [4.69, 9.17) is 4.74 Å². The molecule has 0 radical (unpaired) electrons. The molecule has 0 saturated heterocycles. The van der Waals surface area contributed by atoms with E-state index < -0.39 is 6.09 Å². The molecule has 32 heavy (non-hydrogen) atoms. The van der Waals surface area contributed by atoms with E-state index in [0.717, 1.165) is 0 Å². The molecule has 2 N–H and O–H groups in total. The smallest absolute Gasteiger partial charge is 0.407 e. The maximum atomic E-state index is 12.2. The standard InChI is InChI=1S/C27H23NO4/c1-18(29)24-16-19(13-14-26(24)30)8-6-7-15-28-27(31)32-17-25-22-11-4-2-9-20(22)21-10-3-5-12-23(21)25/h2-5,9-14,16,25,30H,7,15,17H2,1H3,(H,28,31). The minimum Gasteiger partial charge on any atom is -0.507 e. The van der Waals surface area contributed by atoms with Gasteiger partial charge in [-0.1, -0.05) is 60.4 Å². The highest BCUT2D eigenvalue weighted by Gasteiger charge is 2.28.